The molecule has 0 aliphatic rings. The van der Waals surface area contributed by atoms with Crippen LogP contribution in [0.2, 0.25) is 5.02 Å². The topological polar surface area (TPSA) is 29.5 Å². The van der Waals surface area contributed by atoms with Crippen LogP contribution < -0.4 is 4.74 Å². The summed E-state index contributed by atoms with van der Waals surface area (Å²) in [4.78, 5) is 0. The van der Waals surface area contributed by atoms with Gasteiger partial charge in [-0.1, -0.05) is 34.8 Å². The zero-order valence-electron chi connectivity index (χ0n) is 8.58. The zero-order chi connectivity index (χ0) is 12.1. The molecule has 1 N–H and O–H groups in total. The van der Waals surface area contributed by atoms with Crippen molar-refractivity contribution in [3.05, 3.63) is 39.4 Å². The molecule has 5 heteroatoms. The number of rotatable bonds is 4. The average molecular weight is 282 g/mol. The van der Waals surface area contributed by atoms with Gasteiger partial charge in [0.05, 0.1) is 11.1 Å². The van der Waals surface area contributed by atoms with Crippen LogP contribution in [0.5, 0.6) is 5.75 Å². The Balaban J connectivity index is 2.87. The summed E-state index contributed by atoms with van der Waals surface area (Å²) in [5, 5.41) is 10.5. The van der Waals surface area contributed by atoms with Crippen molar-refractivity contribution in [3.8, 4) is 5.75 Å². The van der Waals surface area contributed by atoms with Crippen molar-refractivity contribution in [3.63, 3.8) is 0 Å². The van der Waals surface area contributed by atoms with Crippen molar-refractivity contribution in [2.45, 2.75) is 13.0 Å². The molecule has 1 aromatic carbocycles. The maximum absolute atomic E-state index is 9.54. The molecule has 1 rings (SSSR count). The number of halogens is 3. The summed E-state index contributed by atoms with van der Waals surface area (Å²) in [7, 11) is 0. The van der Waals surface area contributed by atoms with Crippen LogP contribution in [0.15, 0.2) is 28.8 Å². The van der Waals surface area contributed by atoms with Crippen LogP contribution in [0, 0.1) is 0 Å². The molecule has 0 saturated carbocycles. The fourth-order valence-corrected chi connectivity index (χ4v) is 1.45. The first-order chi connectivity index (χ1) is 7.54. The molecule has 0 aliphatic carbocycles. The predicted octanol–water partition coefficient (Wildman–Crippen LogP) is 4.09. The van der Waals surface area contributed by atoms with Crippen molar-refractivity contribution in [1.29, 1.82) is 0 Å². The summed E-state index contributed by atoms with van der Waals surface area (Å²) < 4.78 is 5.40. The van der Waals surface area contributed by atoms with Crippen LogP contribution in [-0.2, 0) is 0 Å². The highest BCUT2D eigenvalue weighted by atomic mass is 35.5. The quantitative estimate of drug-likeness (QED) is 0.900. The van der Waals surface area contributed by atoms with Gasteiger partial charge in [0.15, 0.2) is 0 Å². The highest BCUT2D eigenvalue weighted by molar-refractivity contribution is 6.36. The van der Waals surface area contributed by atoms with Gasteiger partial charge in [-0.05, 0) is 25.1 Å². The molecule has 0 heterocycles. The minimum absolute atomic E-state index is 0.159. The Morgan fingerprint density at radius 1 is 1.56 bits per heavy atom. The van der Waals surface area contributed by atoms with E-state index in [0.717, 1.165) is 0 Å². The summed E-state index contributed by atoms with van der Waals surface area (Å²) in [5.41, 5.74) is 1.85. The predicted molar refractivity (Wildman–Crippen MR) is 67.4 cm³/mol. The van der Waals surface area contributed by atoms with Gasteiger partial charge in [0.2, 0.25) is 0 Å². The van der Waals surface area contributed by atoms with E-state index >= 15 is 0 Å². The lowest BCUT2D eigenvalue weighted by Gasteiger charge is -2.13. The Hall–Kier alpha value is -0.410. The first-order valence-electron chi connectivity index (χ1n) is 4.59. The first kappa shape index (κ1) is 13.7. The molecule has 0 amide bonds. The number of benzene rings is 1. The Kier molecular flexibility index (Phi) is 5.42. The maximum Gasteiger partial charge on any atom is 0.125 e. The smallest absolute Gasteiger partial charge is 0.125 e. The van der Waals surface area contributed by atoms with Crippen molar-refractivity contribution in [2.24, 2.45) is 0 Å². The molecule has 0 bridgehead atoms. The summed E-state index contributed by atoms with van der Waals surface area (Å²) in [6, 6.07) is 5.02. The van der Waals surface area contributed by atoms with Gasteiger partial charge in [-0.3, -0.25) is 0 Å². The molecule has 0 aliphatic heterocycles. The van der Waals surface area contributed by atoms with E-state index in [2.05, 4.69) is 0 Å². The number of ether oxygens (including phenoxy) is 1. The SMILES string of the molecule is C[C@@H](O)c1cc(Cl)ccc1OCC(Cl)=CCl. The van der Waals surface area contributed by atoms with Gasteiger partial charge in [0.25, 0.3) is 0 Å². The van der Waals surface area contributed by atoms with Crippen LogP contribution >= 0.6 is 34.8 Å². The summed E-state index contributed by atoms with van der Waals surface area (Å²) in [6.07, 6.45) is -0.660. The van der Waals surface area contributed by atoms with Gasteiger partial charge < -0.3 is 9.84 Å². The Labute approximate surface area is 109 Å². The fourth-order valence-electron chi connectivity index (χ4n) is 1.16. The standard InChI is InChI=1S/C11H11Cl3O2/c1-7(15)10-4-8(13)2-3-11(10)16-6-9(14)5-12/h2-5,7,15H,6H2,1H3/t7-/m1/s1. The second-order valence-electron chi connectivity index (χ2n) is 3.20. The van der Waals surface area contributed by atoms with Gasteiger partial charge >= 0.3 is 0 Å². The number of aliphatic hydroxyl groups is 1. The van der Waals surface area contributed by atoms with E-state index in [-0.39, 0.29) is 6.61 Å². The van der Waals surface area contributed by atoms with E-state index in [1.807, 2.05) is 0 Å². The van der Waals surface area contributed by atoms with Crippen LogP contribution in [-0.4, -0.2) is 11.7 Å². The van der Waals surface area contributed by atoms with Crippen LogP contribution in [0.3, 0.4) is 0 Å². The molecule has 16 heavy (non-hydrogen) atoms. The summed E-state index contributed by atoms with van der Waals surface area (Å²) in [5.74, 6) is 0.538. The molecule has 0 saturated heterocycles. The Morgan fingerprint density at radius 3 is 2.81 bits per heavy atom. The molecule has 0 aromatic heterocycles. The molecule has 88 valence electrons. The van der Waals surface area contributed by atoms with E-state index in [1.54, 1.807) is 25.1 Å². The molecule has 0 radical (unpaired) electrons. The van der Waals surface area contributed by atoms with Gasteiger partial charge in [0.1, 0.15) is 12.4 Å². The molecule has 2 nitrogen and oxygen atoms in total. The van der Waals surface area contributed by atoms with E-state index in [0.29, 0.717) is 21.4 Å². The zero-order valence-corrected chi connectivity index (χ0v) is 10.9. The first-order valence-corrected chi connectivity index (χ1v) is 5.79. The van der Waals surface area contributed by atoms with Crippen molar-refractivity contribution in [1.82, 2.24) is 0 Å². The largest absolute Gasteiger partial charge is 0.488 e. The minimum Gasteiger partial charge on any atom is -0.488 e. The van der Waals surface area contributed by atoms with Gasteiger partial charge in [-0.15, -0.1) is 0 Å². The molecule has 0 spiro atoms. The second kappa shape index (κ2) is 6.36. The molecule has 0 unspecified atom stereocenters. The van der Waals surface area contributed by atoms with Crippen LogP contribution in [0.4, 0.5) is 0 Å². The van der Waals surface area contributed by atoms with Crippen LogP contribution in [0.25, 0.3) is 0 Å². The Morgan fingerprint density at radius 2 is 2.25 bits per heavy atom. The normalized spacial score (nSPS) is 13.7. The summed E-state index contributed by atoms with van der Waals surface area (Å²) in [6.45, 7) is 1.80. The van der Waals surface area contributed by atoms with Crippen molar-refractivity contribution in [2.75, 3.05) is 6.61 Å². The highest BCUT2D eigenvalue weighted by Gasteiger charge is 2.10. The lowest BCUT2D eigenvalue weighted by molar-refractivity contribution is 0.193. The lowest BCUT2D eigenvalue weighted by atomic mass is 10.1. The van der Waals surface area contributed by atoms with Crippen molar-refractivity contribution >= 4 is 34.8 Å². The van der Waals surface area contributed by atoms with Crippen molar-refractivity contribution < 1.29 is 9.84 Å². The fraction of sp³-hybridized carbons (Fsp3) is 0.273. The number of hydrogen-bond acceptors (Lipinski definition) is 2. The monoisotopic (exact) mass is 280 g/mol. The number of hydrogen-bond donors (Lipinski definition) is 1. The van der Waals surface area contributed by atoms with E-state index < -0.39 is 6.10 Å². The average Bonchev–Trinajstić information content (AvgIpc) is 2.26. The van der Waals surface area contributed by atoms with E-state index in [9.17, 15) is 5.11 Å². The minimum atomic E-state index is -0.660. The third-order valence-electron chi connectivity index (χ3n) is 1.91. The lowest BCUT2D eigenvalue weighted by Crippen LogP contribution is -2.02. The third kappa shape index (κ3) is 3.87. The van der Waals surface area contributed by atoms with E-state index in [1.165, 1.54) is 5.54 Å². The Bertz CT molecular complexity index is 389. The molecular weight excluding hydrogens is 270 g/mol. The van der Waals surface area contributed by atoms with Gasteiger partial charge in [-0.2, -0.15) is 0 Å². The van der Waals surface area contributed by atoms with Crippen LogP contribution in [0.1, 0.15) is 18.6 Å². The third-order valence-corrected chi connectivity index (χ3v) is 2.73. The van der Waals surface area contributed by atoms with Gasteiger partial charge in [-0.25, -0.2) is 0 Å². The summed E-state index contributed by atoms with van der Waals surface area (Å²) >= 11 is 16.9. The molecule has 1 atom stereocenters. The highest BCUT2D eigenvalue weighted by Crippen LogP contribution is 2.28. The van der Waals surface area contributed by atoms with E-state index in [4.69, 9.17) is 39.5 Å². The van der Waals surface area contributed by atoms with Gasteiger partial charge in [0, 0.05) is 16.1 Å². The maximum atomic E-state index is 9.54. The number of aliphatic hydroxyl groups excluding tert-OH is 1. The molecule has 1 aromatic rings. The second-order valence-corrected chi connectivity index (χ2v) is 4.34. The molecular formula is C11H11Cl3O2. The molecule has 0 fully saturated rings.